The van der Waals surface area contributed by atoms with E-state index in [0.717, 1.165) is 22.3 Å². The fourth-order valence-electron chi connectivity index (χ4n) is 10.7. The monoisotopic (exact) mass is 1720 g/mol. The summed E-state index contributed by atoms with van der Waals surface area (Å²) in [6, 6.07) is 46.8. The van der Waals surface area contributed by atoms with Crippen molar-refractivity contribution in [3.05, 3.63) is 242 Å². The Balaban J connectivity index is 0.000000493. The van der Waals surface area contributed by atoms with E-state index in [0.29, 0.717) is 154 Å². The number of nitrogens with two attached hydrogens (primary N) is 4. The highest BCUT2D eigenvalue weighted by Gasteiger charge is 2.21. The number of ketones is 7. The van der Waals surface area contributed by atoms with Crippen LogP contribution in [0.25, 0.3) is 0 Å². The predicted molar refractivity (Wildman–Crippen MR) is 476 cm³/mol. The van der Waals surface area contributed by atoms with Crippen molar-refractivity contribution in [1.29, 1.82) is 0 Å². The van der Waals surface area contributed by atoms with Gasteiger partial charge in [-0.25, -0.2) is 0 Å². The highest BCUT2D eigenvalue weighted by atomic mass is 35.5. The second kappa shape index (κ2) is 58.4. The van der Waals surface area contributed by atoms with Crippen molar-refractivity contribution in [3.63, 3.8) is 0 Å². The minimum Gasteiger partial charge on any atom is -0.480 e. The SMILES string of the molecule is CC(=O)NCCC(=O)c1cc(C)ccc1NC(C)=O.CC(=O)NCCC(=O)c1cc(C)ccc1NC=O.CC(=O)NCCC(=O)c1cc(Cl)ccc1NC=O.CCC(=O)NCCC(=O)c1cc(C)ccc1NC=O.Cc1ccc(NC=O)c(C(=O)CCNC(=O)c2ccccc2)c1.NCCC(=O)c1ccccc1N.Nc1ccccc1C(=O)CC(N)C(=O)O. The van der Waals surface area contributed by atoms with E-state index < -0.39 is 12.0 Å². The standard InChI is InChI=1S/C18H18N2O3.2C14H18N2O3.C13H16N2O3.C12H13ClN2O3.C10H12N2O3.C9H12N2O/c1-13-7-8-16(20-12-21)15(11-13)17(22)9-10-19-18(23)14-5-3-2-4-6-14;1-9-4-5-13(16-11(3)18)12(8-9)14(19)6-7-15-10(2)17;1-3-14(19)15-7-6-13(18)11-8-10(2)4-5-12(11)16-9-17;1-9-3-4-12(15-8-16)11(7-9)13(18)5-6-14-10(2)17;1-8(17)14-5-4-12(18)10-6-9(13)2-3-11(10)15-7-16;11-7-4-2-1-3-6(7)9(13)5-8(12)10(14)15;10-6-5-9(12)7-3-1-2-4-8(7)11/h2-8,11-12H,9-10H2,1H3,(H,19,23)(H,20,21);4-5,8H,6-7H2,1-3H3,(H,15,17)(H,16,18);4-5,8-9H,3,6-7H2,1-2H3,(H,15,19)(H,16,17);3-4,7-8H,5-6H2,1-2H3,(H,14,17)(H,15,16);2-3,6-7H,4-5H2,1H3,(H,14,17)(H,15,16);1-4,8H,5,11-12H2,(H,14,15);1-4H,5-6,10-11H2. The molecule has 1 atom stereocenters. The van der Waals surface area contributed by atoms with E-state index in [2.05, 4.69) is 53.2 Å². The number of anilines is 7. The van der Waals surface area contributed by atoms with Gasteiger partial charge in [0.1, 0.15) is 6.04 Å². The van der Waals surface area contributed by atoms with E-state index in [1.165, 1.54) is 33.8 Å². The van der Waals surface area contributed by atoms with E-state index in [4.69, 9.17) is 39.6 Å². The lowest BCUT2D eigenvalue weighted by Crippen LogP contribution is -2.32. The van der Waals surface area contributed by atoms with Crippen LogP contribution in [0.5, 0.6) is 0 Å². The van der Waals surface area contributed by atoms with Crippen molar-refractivity contribution in [2.75, 3.05) is 77.3 Å². The maximum atomic E-state index is 12.3. The third-order valence-electron chi connectivity index (χ3n) is 16.8. The topological polar surface area (TPSA) is 552 Å². The Labute approximate surface area is 723 Å². The quantitative estimate of drug-likeness (QED) is 0.00971. The van der Waals surface area contributed by atoms with Crippen LogP contribution in [0, 0.1) is 27.7 Å². The van der Waals surface area contributed by atoms with Crippen LogP contribution in [0.4, 0.5) is 39.8 Å². The van der Waals surface area contributed by atoms with Crippen LogP contribution in [0.15, 0.2) is 170 Å². The van der Waals surface area contributed by atoms with Crippen molar-refractivity contribution in [2.24, 2.45) is 11.5 Å². The van der Waals surface area contributed by atoms with Gasteiger partial charge in [-0.1, -0.05) is 108 Å². The van der Waals surface area contributed by atoms with E-state index in [1.807, 2.05) is 58.0 Å². The van der Waals surface area contributed by atoms with Gasteiger partial charge in [0.05, 0.1) is 28.4 Å². The molecule has 10 amide bonds. The average Bonchev–Trinajstić information content (AvgIpc) is 0.777. The van der Waals surface area contributed by atoms with Gasteiger partial charge < -0.3 is 81.2 Å². The highest BCUT2D eigenvalue weighted by Crippen LogP contribution is 2.25. The lowest BCUT2D eigenvalue weighted by Gasteiger charge is -2.10. The molecule has 0 aliphatic heterocycles. The molecule has 0 aliphatic carbocycles. The summed E-state index contributed by atoms with van der Waals surface area (Å²) in [6.45, 7) is 16.6. The molecule has 8 rings (SSSR count). The van der Waals surface area contributed by atoms with Crippen LogP contribution in [0.1, 0.15) is 191 Å². The first-order valence-corrected chi connectivity index (χ1v) is 39.1. The van der Waals surface area contributed by atoms with E-state index in [9.17, 15) is 86.3 Å². The summed E-state index contributed by atoms with van der Waals surface area (Å²) in [6.07, 6.45) is 3.55. The number of benzene rings is 8. The normalized spacial score (nSPS) is 10.1. The zero-order chi connectivity index (χ0) is 92.8. The first-order valence-electron chi connectivity index (χ1n) is 38.7. The van der Waals surface area contributed by atoms with Gasteiger partial charge in [0.2, 0.25) is 55.2 Å². The number of nitrogen functional groups attached to an aromatic ring is 2. The Kier molecular flexibility index (Phi) is 49.7. The molecule has 0 saturated heterocycles. The Morgan fingerprint density at radius 2 is 0.677 bits per heavy atom. The van der Waals surface area contributed by atoms with Crippen molar-refractivity contribution >= 4 is 159 Å². The number of hydrogen-bond acceptors (Lipinski definition) is 22. The molecular weight excluding hydrogens is 1620 g/mol. The Morgan fingerprint density at radius 1 is 0.371 bits per heavy atom. The average molecular weight is 1720 g/mol. The van der Waals surface area contributed by atoms with Crippen molar-refractivity contribution in [2.45, 2.75) is 120 Å². The zero-order valence-corrected chi connectivity index (χ0v) is 71.2. The maximum absolute atomic E-state index is 12.3. The minimum absolute atomic E-state index is 0.00981. The first-order chi connectivity index (χ1) is 58.9. The van der Waals surface area contributed by atoms with Gasteiger partial charge in [-0.05, 0) is 137 Å². The molecule has 658 valence electrons. The van der Waals surface area contributed by atoms with Crippen LogP contribution >= 0.6 is 11.6 Å². The third-order valence-corrected chi connectivity index (χ3v) is 17.1. The number of Topliss-reactive ketones (excluding diaryl/α,β-unsaturated/α-hetero) is 7. The van der Waals surface area contributed by atoms with Crippen LogP contribution in [0.2, 0.25) is 5.02 Å². The maximum Gasteiger partial charge on any atom is 0.320 e. The number of amides is 10. The number of carbonyl (C=O) groups excluding carboxylic acids is 17. The number of nitrogens with one attached hydrogen (secondary N) is 10. The number of rotatable bonds is 38. The Bertz CT molecular complexity index is 4950. The van der Waals surface area contributed by atoms with Crippen LogP contribution in [0.3, 0.4) is 0 Å². The molecule has 0 bridgehead atoms. The molecule has 0 spiro atoms. The van der Waals surface area contributed by atoms with E-state index in [1.54, 1.807) is 140 Å². The Hall–Kier alpha value is -14.6. The summed E-state index contributed by atoms with van der Waals surface area (Å²) in [4.78, 5) is 202. The molecule has 0 aromatic heterocycles. The lowest BCUT2D eigenvalue weighted by molar-refractivity contribution is -0.138. The molecule has 0 heterocycles. The van der Waals surface area contributed by atoms with Crippen molar-refractivity contribution in [3.8, 4) is 0 Å². The summed E-state index contributed by atoms with van der Waals surface area (Å²) in [5.74, 6) is -3.25. The second-order valence-corrected chi connectivity index (χ2v) is 27.4. The molecule has 1 unspecified atom stereocenters. The van der Waals surface area contributed by atoms with Crippen LogP contribution in [-0.2, 0) is 47.9 Å². The molecule has 0 radical (unpaired) electrons. The summed E-state index contributed by atoms with van der Waals surface area (Å²) in [5.41, 5.74) is 32.3. The molecule has 34 heteroatoms. The van der Waals surface area contributed by atoms with Gasteiger partial charge in [0.25, 0.3) is 5.91 Å². The van der Waals surface area contributed by atoms with Gasteiger partial charge in [0.15, 0.2) is 40.5 Å². The molecule has 19 N–H and O–H groups in total. The van der Waals surface area contributed by atoms with Gasteiger partial charge in [-0.15, -0.1) is 0 Å². The summed E-state index contributed by atoms with van der Waals surface area (Å²) >= 11 is 5.81. The number of carboxylic acids is 1. The smallest absolute Gasteiger partial charge is 0.320 e. The molecule has 0 fully saturated rings. The zero-order valence-electron chi connectivity index (χ0n) is 70.4. The summed E-state index contributed by atoms with van der Waals surface area (Å²) in [7, 11) is 0. The van der Waals surface area contributed by atoms with Gasteiger partial charge in [-0.2, -0.15) is 0 Å². The molecule has 0 saturated carbocycles. The number of carboxylic acid groups (broad SMARTS) is 1. The van der Waals surface area contributed by atoms with Gasteiger partial charge in [-0.3, -0.25) is 86.3 Å². The van der Waals surface area contributed by atoms with Crippen LogP contribution in [-0.4, -0.2) is 158 Å². The van der Waals surface area contributed by atoms with Gasteiger partial charge >= 0.3 is 5.97 Å². The lowest BCUT2D eigenvalue weighted by atomic mass is 10.0. The third kappa shape index (κ3) is 41.4. The summed E-state index contributed by atoms with van der Waals surface area (Å²) in [5, 5.41) is 34.6. The number of hydrogen-bond donors (Lipinski definition) is 15. The number of halogens is 1. The molecule has 8 aromatic carbocycles. The molecular formula is C90H107ClN14O19. The molecule has 0 aliphatic rings. The summed E-state index contributed by atoms with van der Waals surface area (Å²) < 4.78 is 0. The number of para-hydroxylation sites is 2. The fourth-order valence-corrected chi connectivity index (χ4v) is 10.8. The van der Waals surface area contributed by atoms with Crippen molar-refractivity contribution < 1.29 is 91.4 Å². The first kappa shape index (κ1) is 106. The minimum atomic E-state index is -1.20. The second-order valence-electron chi connectivity index (χ2n) is 27.0. The number of aliphatic carboxylic acids is 1. The highest BCUT2D eigenvalue weighted by molar-refractivity contribution is 6.31. The largest absolute Gasteiger partial charge is 0.480 e. The van der Waals surface area contributed by atoms with Crippen LogP contribution < -0.4 is 76.1 Å². The fraction of sp³-hybridized carbons (Fsp3) is 0.267. The number of carbonyl (C=O) groups is 18. The number of aryl methyl sites for hydroxylation is 4. The van der Waals surface area contributed by atoms with Crippen molar-refractivity contribution in [1.82, 2.24) is 26.6 Å². The molecule has 33 nitrogen and oxygen atoms in total. The van der Waals surface area contributed by atoms with E-state index in [-0.39, 0.29) is 128 Å². The molecule has 8 aromatic rings. The Morgan fingerprint density at radius 3 is 1.01 bits per heavy atom. The molecule has 124 heavy (non-hydrogen) atoms. The van der Waals surface area contributed by atoms with Gasteiger partial charge in [0, 0.05) is 173 Å². The van der Waals surface area contributed by atoms with E-state index >= 15 is 0 Å². The predicted octanol–water partition coefficient (Wildman–Crippen LogP) is 9.83.